The van der Waals surface area contributed by atoms with Gasteiger partial charge in [0.2, 0.25) is 5.91 Å². The molecule has 0 radical (unpaired) electrons. The van der Waals surface area contributed by atoms with E-state index in [0.29, 0.717) is 29.1 Å². The normalized spacial score (nSPS) is 15.6. The number of alkyl halides is 3. The zero-order valence-electron chi connectivity index (χ0n) is 22.4. The molecule has 12 heteroatoms. The largest absolute Gasteiger partial charge is 0.401 e. The van der Waals surface area contributed by atoms with Gasteiger partial charge in [0.15, 0.2) is 11.6 Å². The van der Waals surface area contributed by atoms with Gasteiger partial charge in [0.25, 0.3) is 0 Å². The number of benzene rings is 1. The SMILES string of the molecule is [2H]C([2H])(C)n1ncc(Cc2ncc(-c3ccc(CC(=O)Nc4cc(C5(C(F)(F)F)CC5)on4)c(F)c3)cn2)c1C. The Hall–Kier alpha value is -4.09. The Morgan fingerprint density at radius 2 is 1.89 bits per heavy atom. The van der Waals surface area contributed by atoms with Crippen LogP contribution in [0.15, 0.2) is 47.4 Å². The fourth-order valence-electron chi connectivity index (χ4n) is 4.19. The van der Waals surface area contributed by atoms with Crippen LogP contribution in [0, 0.1) is 12.7 Å². The van der Waals surface area contributed by atoms with E-state index in [1.54, 1.807) is 19.2 Å². The maximum absolute atomic E-state index is 14.8. The molecule has 0 saturated heterocycles. The molecule has 0 atom stereocenters. The van der Waals surface area contributed by atoms with E-state index in [-0.39, 0.29) is 36.4 Å². The van der Waals surface area contributed by atoms with Gasteiger partial charge in [0, 0.05) is 48.2 Å². The van der Waals surface area contributed by atoms with Gasteiger partial charge >= 0.3 is 6.18 Å². The van der Waals surface area contributed by atoms with E-state index in [9.17, 15) is 22.4 Å². The molecule has 0 unspecified atom stereocenters. The van der Waals surface area contributed by atoms with Crippen molar-refractivity contribution in [1.82, 2.24) is 24.9 Å². The number of carbonyl (C=O) groups is 1. The van der Waals surface area contributed by atoms with Crippen molar-refractivity contribution >= 4 is 11.7 Å². The summed E-state index contributed by atoms with van der Waals surface area (Å²) in [6, 6.07) is 5.34. The maximum atomic E-state index is 14.8. The van der Waals surface area contributed by atoms with Crippen LogP contribution in [-0.4, -0.2) is 37.0 Å². The van der Waals surface area contributed by atoms with Gasteiger partial charge in [0.05, 0.1) is 15.4 Å². The average Bonchev–Trinajstić information content (AvgIpc) is 3.44. The topological polar surface area (TPSA) is 98.7 Å². The molecule has 4 aromatic rings. The molecule has 1 N–H and O–H groups in total. The molecule has 1 aromatic carbocycles. The van der Waals surface area contributed by atoms with Gasteiger partial charge < -0.3 is 9.84 Å². The van der Waals surface area contributed by atoms with E-state index >= 15 is 0 Å². The summed E-state index contributed by atoms with van der Waals surface area (Å²) in [5, 5.41) is 9.96. The molecule has 198 valence electrons. The van der Waals surface area contributed by atoms with Gasteiger partial charge in [-0.15, -0.1) is 0 Å². The predicted molar refractivity (Wildman–Crippen MR) is 129 cm³/mol. The minimum atomic E-state index is -4.47. The Morgan fingerprint density at radius 3 is 2.50 bits per heavy atom. The molecular formula is C26H24F4N6O2. The first-order chi connectivity index (χ1) is 18.8. The van der Waals surface area contributed by atoms with Crippen molar-refractivity contribution in [1.29, 1.82) is 0 Å². The summed E-state index contributed by atoms with van der Waals surface area (Å²) in [6.45, 7) is 1.54. The molecule has 1 fully saturated rings. The van der Waals surface area contributed by atoms with Crippen molar-refractivity contribution in [3.05, 3.63) is 77.1 Å². The molecule has 0 aliphatic heterocycles. The molecule has 38 heavy (non-hydrogen) atoms. The Labute approximate surface area is 217 Å². The van der Waals surface area contributed by atoms with E-state index in [2.05, 4.69) is 25.5 Å². The molecular weight excluding hydrogens is 504 g/mol. The summed E-state index contributed by atoms with van der Waals surface area (Å²) in [5.74, 6) is -1.35. The number of nitrogens with zero attached hydrogens (tertiary/aromatic N) is 5. The zero-order chi connectivity index (χ0) is 28.9. The number of hydrogen-bond acceptors (Lipinski definition) is 6. The quantitative estimate of drug-likeness (QED) is 0.316. The summed E-state index contributed by atoms with van der Waals surface area (Å²) in [5.41, 5.74) is 0.506. The Morgan fingerprint density at radius 1 is 1.16 bits per heavy atom. The molecule has 5 rings (SSSR count). The Bertz CT molecular complexity index is 1560. The molecule has 1 aliphatic rings. The van der Waals surface area contributed by atoms with Crippen molar-refractivity contribution in [2.45, 2.75) is 57.6 Å². The highest BCUT2D eigenvalue weighted by Gasteiger charge is 2.66. The van der Waals surface area contributed by atoms with Crippen LogP contribution in [0.5, 0.6) is 0 Å². The first-order valence-electron chi connectivity index (χ1n) is 12.7. The van der Waals surface area contributed by atoms with Crippen molar-refractivity contribution < 1.29 is 29.6 Å². The molecule has 3 heterocycles. The molecule has 0 spiro atoms. The second-order valence-corrected chi connectivity index (χ2v) is 9.14. The van der Waals surface area contributed by atoms with Crippen molar-refractivity contribution in [3.8, 4) is 11.1 Å². The van der Waals surface area contributed by atoms with Gasteiger partial charge in [0.1, 0.15) is 17.1 Å². The standard InChI is InChI=1S/C26H24F4N6O2/c1-3-36-15(2)18(14-33-36)9-22-31-12-19(13-32-22)16-4-5-17(20(27)8-16)10-24(37)34-23-11-21(38-35-23)25(6-7-25)26(28,29)30/h4-5,8,11-14H,3,6-7,9-10H2,1-2H3,(H,34,35,37)/i3D2. The molecule has 3 aromatic heterocycles. The van der Waals surface area contributed by atoms with E-state index in [4.69, 9.17) is 7.26 Å². The lowest BCUT2D eigenvalue weighted by molar-refractivity contribution is -0.165. The molecule has 1 aliphatic carbocycles. The lowest BCUT2D eigenvalue weighted by atomic mass is 10.0. The van der Waals surface area contributed by atoms with Crippen LogP contribution in [0.2, 0.25) is 0 Å². The lowest BCUT2D eigenvalue weighted by Gasteiger charge is -2.14. The van der Waals surface area contributed by atoms with E-state index in [1.165, 1.54) is 36.1 Å². The van der Waals surface area contributed by atoms with E-state index in [0.717, 1.165) is 11.6 Å². The van der Waals surface area contributed by atoms with Gasteiger partial charge in [-0.3, -0.25) is 9.48 Å². The van der Waals surface area contributed by atoms with E-state index < -0.39 is 29.8 Å². The number of rotatable bonds is 8. The first kappa shape index (κ1) is 23.1. The number of hydrogen-bond donors (Lipinski definition) is 1. The van der Waals surface area contributed by atoms with Crippen LogP contribution in [-0.2, 0) is 29.5 Å². The number of aromatic nitrogens is 5. The third-order valence-electron chi connectivity index (χ3n) is 6.66. The number of halogens is 4. The van der Waals surface area contributed by atoms with Gasteiger partial charge in [-0.25, -0.2) is 14.4 Å². The average molecular weight is 531 g/mol. The second-order valence-electron chi connectivity index (χ2n) is 9.14. The zero-order valence-corrected chi connectivity index (χ0v) is 20.4. The Balaban J connectivity index is 1.22. The fraction of sp³-hybridized carbons (Fsp3) is 0.346. The summed E-state index contributed by atoms with van der Waals surface area (Å²) in [4.78, 5) is 21.1. The number of aryl methyl sites for hydroxylation is 1. The van der Waals surface area contributed by atoms with Gasteiger partial charge in [-0.1, -0.05) is 17.3 Å². The van der Waals surface area contributed by atoms with Crippen molar-refractivity contribution in [2.24, 2.45) is 0 Å². The molecule has 1 amide bonds. The van der Waals surface area contributed by atoms with Crippen LogP contribution in [0.1, 0.15) is 50.9 Å². The monoisotopic (exact) mass is 530 g/mol. The number of amides is 1. The third-order valence-corrected chi connectivity index (χ3v) is 6.66. The smallest absolute Gasteiger partial charge is 0.358 e. The summed E-state index contributed by atoms with van der Waals surface area (Å²) >= 11 is 0. The third kappa shape index (κ3) is 4.90. The maximum Gasteiger partial charge on any atom is 0.401 e. The van der Waals surface area contributed by atoms with Crippen LogP contribution in [0.4, 0.5) is 23.4 Å². The van der Waals surface area contributed by atoms with Crippen LogP contribution < -0.4 is 5.32 Å². The minimum Gasteiger partial charge on any atom is -0.358 e. The number of carbonyl (C=O) groups excluding carboxylic acids is 1. The second kappa shape index (κ2) is 9.66. The first-order valence-corrected chi connectivity index (χ1v) is 11.7. The highest BCUT2D eigenvalue weighted by Crippen LogP contribution is 2.59. The molecule has 1 saturated carbocycles. The van der Waals surface area contributed by atoms with Crippen LogP contribution in [0.25, 0.3) is 11.1 Å². The molecule has 8 nitrogen and oxygen atoms in total. The highest BCUT2D eigenvalue weighted by atomic mass is 19.4. The highest BCUT2D eigenvalue weighted by molar-refractivity contribution is 5.91. The van der Waals surface area contributed by atoms with Crippen molar-refractivity contribution in [3.63, 3.8) is 0 Å². The number of nitrogens with one attached hydrogen (secondary N) is 1. The summed E-state index contributed by atoms with van der Waals surface area (Å²) < 4.78 is 76.4. The minimum absolute atomic E-state index is 0.0831. The fourth-order valence-corrected chi connectivity index (χ4v) is 4.19. The van der Waals surface area contributed by atoms with Gasteiger partial charge in [-0.2, -0.15) is 18.3 Å². The predicted octanol–water partition coefficient (Wildman–Crippen LogP) is 5.16. The lowest BCUT2D eigenvalue weighted by Crippen LogP contribution is -2.28. The summed E-state index contributed by atoms with van der Waals surface area (Å²) in [7, 11) is 0. The van der Waals surface area contributed by atoms with Crippen LogP contribution in [0.3, 0.4) is 0 Å². The van der Waals surface area contributed by atoms with Crippen molar-refractivity contribution in [2.75, 3.05) is 5.32 Å². The number of anilines is 1. The Kier molecular flexibility index (Phi) is 5.86. The van der Waals surface area contributed by atoms with E-state index in [1.807, 2.05) is 0 Å². The van der Waals surface area contributed by atoms with Crippen LogP contribution >= 0.6 is 0 Å². The van der Waals surface area contributed by atoms with Gasteiger partial charge in [-0.05, 0) is 43.9 Å². The molecule has 0 bridgehead atoms. The summed E-state index contributed by atoms with van der Waals surface area (Å²) in [6.07, 6.45) is -0.0436.